The van der Waals surface area contributed by atoms with Gasteiger partial charge in [-0.15, -0.1) is 0 Å². The molecule has 0 aliphatic carbocycles. The number of carbonyl (C=O) groups excluding carboxylic acids is 2. The molecule has 1 N–H and O–H groups in total. The largest absolute Gasteiger partial charge is 0.472 e. The predicted molar refractivity (Wildman–Crippen MR) is 235 cm³/mol. The van der Waals surface area contributed by atoms with E-state index in [9.17, 15) is 19.0 Å². The molecule has 0 saturated carbocycles. The van der Waals surface area contributed by atoms with Gasteiger partial charge in [-0.3, -0.25) is 18.6 Å². The molecule has 0 radical (unpaired) electrons. The first-order valence-electron chi connectivity index (χ1n) is 22.9. The highest BCUT2D eigenvalue weighted by atomic mass is 31.2. The maximum Gasteiger partial charge on any atom is 0.472 e. The second-order valence-corrected chi connectivity index (χ2v) is 16.5. The van der Waals surface area contributed by atoms with Crippen LogP contribution in [0.5, 0.6) is 0 Å². The lowest BCUT2D eigenvalue weighted by molar-refractivity contribution is -0.161. The topological polar surface area (TPSA) is 108 Å². The Morgan fingerprint density at radius 3 is 1.38 bits per heavy atom. The van der Waals surface area contributed by atoms with Crippen LogP contribution < -0.4 is 0 Å². The molecule has 0 fully saturated rings. The van der Waals surface area contributed by atoms with Crippen LogP contribution in [0.3, 0.4) is 0 Å². The summed E-state index contributed by atoms with van der Waals surface area (Å²) in [6, 6.07) is 0. The molecule has 0 heterocycles. The summed E-state index contributed by atoms with van der Waals surface area (Å²) in [4.78, 5) is 34.8. The average Bonchev–Trinajstić information content (AvgIpc) is 3.18. The number of esters is 2. The van der Waals surface area contributed by atoms with Gasteiger partial charge < -0.3 is 14.4 Å². The lowest BCUT2D eigenvalue weighted by Crippen LogP contribution is -2.29. The molecule has 0 amide bonds. The lowest BCUT2D eigenvalue weighted by Gasteiger charge is -2.19. The molecule has 0 saturated heterocycles. The van der Waals surface area contributed by atoms with Gasteiger partial charge in [0.1, 0.15) is 6.61 Å². The molecule has 2 atom stereocenters. The molecule has 0 aliphatic heterocycles. The molecular weight excluding hydrogens is 723 g/mol. The van der Waals surface area contributed by atoms with Gasteiger partial charge in [0, 0.05) is 12.8 Å². The van der Waals surface area contributed by atoms with Crippen LogP contribution in [0, 0.1) is 0 Å². The van der Waals surface area contributed by atoms with Gasteiger partial charge in [0.15, 0.2) is 6.10 Å². The van der Waals surface area contributed by atoms with Crippen molar-refractivity contribution < 1.29 is 37.6 Å². The second-order valence-electron chi connectivity index (χ2n) is 15.0. The van der Waals surface area contributed by atoms with Gasteiger partial charge in [-0.2, -0.15) is 0 Å². The van der Waals surface area contributed by atoms with Crippen molar-refractivity contribution in [1.29, 1.82) is 0 Å². The van der Waals surface area contributed by atoms with E-state index in [1.807, 2.05) is 0 Å². The molecule has 8 nitrogen and oxygen atoms in total. The number of ether oxygens (including phenoxy) is 2. The van der Waals surface area contributed by atoms with Gasteiger partial charge in [-0.25, -0.2) is 4.57 Å². The number of hydrogen-bond donors (Lipinski definition) is 1. The van der Waals surface area contributed by atoms with E-state index >= 15 is 0 Å². The molecule has 0 bridgehead atoms. The van der Waals surface area contributed by atoms with Crippen molar-refractivity contribution in [3.8, 4) is 0 Å². The summed E-state index contributed by atoms with van der Waals surface area (Å²) >= 11 is 0. The van der Waals surface area contributed by atoms with Gasteiger partial charge >= 0.3 is 19.8 Å². The minimum atomic E-state index is -4.28. The van der Waals surface area contributed by atoms with Crippen LogP contribution in [0.1, 0.15) is 213 Å². The van der Waals surface area contributed by atoms with Crippen LogP contribution >= 0.6 is 7.82 Å². The molecule has 326 valence electrons. The van der Waals surface area contributed by atoms with E-state index in [0.29, 0.717) is 12.8 Å². The minimum absolute atomic E-state index is 0.00148. The molecule has 56 heavy (non-hydrogen) atoms. The first kappa shape index (κ1) is 54.0. The third-order valence-corrected chi connectivity index (χ3v) is 10.7. The molecular formula is C47H85O8P. The number of allylic oxidation sites excluding steroid dienone is 8. The normalized spacial score (nSPS) is 13.7. The van der Waals surface area contributed by atoms with E-state index < -0.39 is 26.5 Å². The Morgan fingerprint density at radius 1 is 0.500 bits per heavy atom. The van der Waals surface area contributed by atoms with Crippen molar-refractivity contribution in [1.82, 2.24) is 0 Å². The SMILES string of the molecule is CC/C=C\C/C=C\C/C=C\C/C=C\CCCCCCCCCCC(=O)OC(COC(=O)CCCCCCCCCCCCCCCCC)COP(=O)(O)OCC. The Kier molecular flexibility index (Phi) is 41.1. The van der Waals surface area contributed by atoms with Crippen molar-refractivity contribution >= 4 is 19.8 Å². The van der Waals surface area contributed by atoms with Gasteiger partial charge in [0.25, 0.3) is 0 Å². The standard InChI is InChI=1S/C47H85O8P/c1-4-7-9-11-13-15-17-19-21-22-23-24-25-26-28-30-32-34-36-38-40-42-47(49)55-45(44-54-56(50,51)53-6-3)43-52-46(48)41-39-37-35-33-31-29-27-20-18-16-14-12-10-8-5-2/h7,9,13,15,19,21,23-24,45H,4-6,8,10-12,14,16-18,20,22,25-44H2,1-3H3,(H,50,51)/b9-7-,15-13-,21-19-,24-23-. The third kappa shape index (κ3) is 41.6. The Morgan fingerprint density at radius 2 is 0.911 bits per heavy atom. The quantitative estimate of drug-likeness (QED) is 0.0281. The number of hydrogen-bond acceptors (Lipinski definition) is 7. The van der Waals surface area contributed by atoms with Gasteiger partial charge in [0.05, 0.1) is 13.2 Å². The Bertz CT molecular complexity index is 1050. The number of carbonyl (C=O) groups is 2. The first-order valence-corrected chi connectivity index (χ1v) is 24.4. The Balaban J connectivity index is 4.05. The summed E-state index contributed by atoms with van der Waals surface area (Å²) in [5, 5.41) is 0. The van der Waals surface area contributed by atoms with Crippen molar-refractivity contribution in [2.24, 2.45) is 0 Å². The summed E-state index contributed by atoms with van der Waals surface area (Å²) in [7, 11) is -4.28. The minimum Gasteiger partial charge on any atom is -0.462 e. The summed E-state index contributed by atoms with van der Waals surface area (Å²) < 4.78 is 32.7. The van der Waals surface area contributed by atoms with Gasteiger partial charge in [-0.05, 0) is 58.3 Å². The zero-order valence-electron chi connectivity index (χ0n) is 36.3. The molecule has 0 aromatic rings. The number of phosphoric acid groups is 1. The molecule has 0 rings (SSSR count). The van der Waals surface area contributed by atoms with E-state index in [1.165, 1.54) is 103 Å². The zero-order valence-corrected chi connectivity index (χ0v) is 37.2. The van der Waals surface area contributed by atoms with Crippen molar-refractivity contribution in [2.75, 3.05) is 19.8 Å². The van der Waals surface area contributed by atoms with Crippen LogP contribution in [0.4, 0.5) is 0 Å². The maximum absolute atomic E-state index is 12.6. The monoisotopic (exact) mass is 809 g/mol. The lowest BCUT2D eigenvalue weighted by atomic mass is 10.0. The van der Waals surface area contributed by atoms with Crippen LogP contribution in [0.15, 0.2) is 48.6 Å². The highest BCUT2D eigenvalue weighted by Crippen LogP contribution is 2.43. The molecule has 0 aliphatic rings. The smallest absolute Gasteiger partial charge is 0.462 e. The van der Waals surface area contributed by atoms with Crippen LogP contribution in [0.2, 0.25) is 0 Å². The molecule has 0 aromatic heterocycles. The molecule has 0 spiro atoms. The Hall–Kier alpha value is -1.99. The van der Waals surface area contributed by atoms with Gasteiger partial charge in [-0.1, -0.05) is 191 Å². The van der Waals surface area contributed by atoms with E-state index in [1.54, 1.807) is 6.92 Å². The van der Waals surface area contributed by atoms with Crippen molar-refractivity contribution in [2.45, 2.75) is 219 Å². The number of phosphoric ester groups is 1. The van der Waals surface area contributed by atoms with E-state index in [0.717, 1.165) is 70.6 Å². The third-order valence-electron chi connectivity index (χ3n) is 9.65. The molecule has 2 unspecified atom stereocenters. The van der Waals surface area contributed by atoms with E-state index in [2.05, 4.69) is 62.5 Å². The average molecular weight is 809 g/mol. The van der Waals surface area contributed by atoms with E-state index in [-0.39, 0.29) is 25.6 Å². The Labute approximate surface area is 344 Å². The molecule has 9 heteroatoms. The van der Waals surface area contributed by atoms with Gasteiger partial charge in [0.2, 0.25) is 0 Å². The fourth-order valence-electron chi connectivity index (χ4n) is 6.33. The van der Waals surface area contributed by atoms with Crippen LogP contribution in [0.25, 0.3) is 0 Å². The number of rotatable bonds is 42. The van der Waals surface area contributed by atoms with Crippen LogP contribution in [-0.4, -0.2) is 42.8 Å². The fourth-order valence-corrected chi connectivity index (χ4v) is 7.08. The maximum atomic E-state index is 12.6. The highest BCUT2D eigenvalue weighted by molar-refractivity contribution is 7.47. The summed E-state index contributed by atoms with van der Waals surface area (Å²) in [6.07, 6.45) is 50.2. The molecule has 0 aromatic carbocycles. The highest BCUT2D eigenvalue weighted by Gasteiger charge is 2.25. The first-order chi connectivity index (χ1) is 27.3. The van der Waals surface area contributed by atoms with E-state index in [4.69, 9.17) is 18.5 Å². The summed E-state index contributed by atoms with van der Waals surface area (Å²) in [5.41, 5.74) is 0. The summed E-state index contributed by atoms with van der Waals surface area (Å²) in [5.74, 6) is -0.801. The van der Waals surface area contributed by atoms with Crippen LogP contribution in [-0.2, 0) is 32.7 Å². The predicted octanol–water partition coefficient (Wildman–Crippen LogP) is 14.6. The second kappa shape index (κ2) is 42.6. The number of unbranched alkanes of at least 4 members (excludes halogenated alkanes) is 22. The summed E-state index contributed by atoms with van der Waals surface area (Å²) in [6.45, 7) is 5.37. The zero-order chi connectivity index (χ0) is 41.1. The van der Waals surface area contributed by atoms with Crippen molar-refractivity contribution in [3.05, 3.63) is 48.6 Å². The fraction of sp³-hybridized carbons (Fsp3) is 0.787. The van der Waals surface area contributed by atoms with Crippen molar-refractivity contribution in [3.63, 3.8) is 0 Å².